The fourth-order valence-corrected chi connectivity index (χ4v) is 3.23. The summed E-state index contributed by atoms with van der Waals surface area (Å²) in [7, 11) is 2.10. The summed E-state index contributed by atoms with van der Waals surface area (Å²) in [5, 5.41) is 7.17. The summed E-state index contributed by atoms with van der Waals surface area (Å²) in [4.78, 5) is 18.7. The Kier molecular flexibility index (Phi) is 5.43. The fourth-order valence-electron chi connectivity index (χ4n) is 3.23. The summed E-state index contributed by atoms with van der Waals surface area (Å²) in [5.74, 6) is 1.33. The normalized spacial score (nSPS) is 20.3. The van der Waals surface area contributed by atoms with E-state index in [0.717, 1.165) is 37.9 Å². The largest absolute Gasteiger partial charge is 0.353 e. The molecule has 1 N–H and O–H groups in total. The van der Waals surface area contributed by atoms with Gasteiger partial charge in [0.05, 0.1) is 0 Å². The minimum atomic E-state index is 0.0927. The van der Waals surface area contributed by atoms with Crippen LogP contribution < -0.4 is 5.32 Å². The van der Waals surface area contributed by atoms with Crippen LogP contribution in [-0.2, 0) is 11.2 Å². The lowest BCUT2D eigenvalue weighted by Gasteiger charge is -2.22. The van der Waals surface area contributed by atoms with Gasteiger partial charge in [0.25, 0.3) is 0 Å². The third kappa shape index (κ3) is 4.64. The van der Waals surface area contributed by atoms with Crippen LogP contribution >= 0.6 is 0 Å². The number of amides is 1. The van der Waals surface area contributed by atoms with E-state index in [-0.39, 0.29) is 5.91 Å². The molecule has 1 aromatic rings. The van der Waals surface area contributed by atoms with Gasteiger partial charge in [-0.3, -0.25) is 4.79 Å². The van der Waals surface area contributed by atoms with Crippen molar-refractivity contribution in [1.82, 2.24) is 20.4 Å². The third-order valence-corrected chi connectivity index (χ3v) is 4.70. The summed E-state index contributed by atoms with van der Waals surface area (Å²) < 4.78 is 5.29. The molecule has 1 aromatic heterocycles. The number of rotatable bonds is 5. The van der Waals surface area contributed by atoms with E-state index in [4.69, 9.17) is 4.52 Å². The summed E-state index contributed by atoms with van der Waals surface area (Å²) in [6.45, 7) is 1.93. The zero-order chi connectivity index (χ0) is 16.1. The van der Waals surface area contributed by atoms with Crippen molar-refractivity contribution in [1.29, 1.82) is 0 Å². The Hall–Kier alpha value is -1.69. The highest BCUT2D eigenvalue weighted by atomic mass is 16.5. The maximum Gasteiger partial charge on any atom is 0.227 e. The number of nitrogens with one attached hydrogen (secondary N) is 1. The van der Waals surface area contributed by atoms with Crippen molar-refractivity contribution in [2.24, 2.45) is 0 Å². The molecule has 23 heavy (non-hydrogen) atoms. The Morgan fingerprint density at radius 3 is 2.96 bits per heavy atom. The summed E-state index contributed by atoms with van der Waals surface area (Å²) in [5.41, 5.74) is 1.14. The molecule has 1 saturated carbocycles. The molecule has 3 rings (SSSR count). The first kappa shape index (κ1) is 16.2. The fraction of sp³-hybridized carbons (Fsp3) is 0.706. The molecule has 0 atom stereocenters. The monoisotopic (exact) mass is 318 g/mol. The van der Waals surface area contributed by atoms with Crippen LogP contribution in [0, 0.1) is 0 Å². The van der Waals surface area contributed by atoms with Gasteiger partial charge in [-0.1, -0.05) is 30.5 Å². The van der Waals surface area contributed by atoms with Crippen LogP contribution in [0.2, 0.25) is 0 Å². The van der Waals surface area contributed by atoms with Crippen molar-refractivity contribution in [3.63, 3.8) is 0 Å². The molecule has 0 unspecified atom stereocenters. The van der Waals surface area contributed by atoms with E-state index in [1.54, 1.807) is 0 Å². The SMILES string of the molecule is CN1CC=C(c2noc(CCC(=O)NC3CCCCC3)n2)CC1. The quantitative estimate of drug-likeness (QED) is 0.901. The Labute approximate surface area is 137 Å². The van der Waals surface area contributed by atoms with Crippen molar-refractivity contribution in [3.05, 3.63) is 17.8 Å². The molecule has 1 aliphatic heterocycles. The van der Waals surface area contributed by atoms with Crippen LogP contribution in [0.3, 0.4) is 0 Å². The van der Waals surface area contributed by atoms with E-state index in [1.807, 2.05) is 0 Å². The highest BCUT2D eigenvalue weighted by Crippen LogP contribution is 2.20. The number of hydrogen-bond acceptors (Lipinski definition) is 5. The predicted molar refractivity (Wildman–Crippen MR) is 87.7 cm³/mol. The lowest BCUT2D eigenvalue weighted by Crippen LogP contribution is -2.36. The highest BCUT2D eigenvalue weighted by molar-refractivity contribution is 5.76. The zero-order valence-electron chi connectivity index (χ0n) is 13.9. The van der Waals surface area contributed by atoms with Gasteiger partial charge < -0.3 is 14.7 Å². The number of aryl methyl sites for hydroxylation is 1. The first-order valence-corrected chi connectivity index (χ1v) is 8.70. The molecule has 0 bridgehead atoms. The molecule has 1 fully saturated rings. The van der Waals surface area contributed by atoms with Gasteiger partial charge >= 0.3 is 0 Å². The van der Waals surface area contributed by atoms with Crippen molar-refractivity contribution in [2.75, 3.05) is 20.1 Å². The van der Waals surface area contributed by atoms with Crippen LogP contribution in [0.1, 0.15) is 56.7 Å². The molecule has 6 heteroatoms. The lowest BCUT2D eigenvalue weighted by molar-refractivity contribution is -0.122. The zero-order valence-corrected chi connectivity index (χ0v) is 13.9. The Bertz CT molecular complexity index is 561. The van der Waals surface area contributed by atoms with Crippen LogP contribution in [0.4, 0.5) is 0 Å². The summed E-state index contributed by atoms with van der Waals surface area (Å²) >= 11 is 0. The molecule has 2 heterocycles. The molecular formula is C17H26N4O2. The van der Waals surface area contributed by atoms with E-state index in [2.05, 4.69) is 33.5 Å². The van der Waals surface area contributed by atoms with Crippen molar-refractivity contribution < 1.29 is 9.32 Å². The van der Waals surface area contributed by atoms with Gasteiger partial charge in [0, 0.05) is 32.0 Å². The third-order valence-electron chi connectivity index (χ3n) is 4.70. The second-order valence-electron chi connectivity index (χ2n) is 6.66. The smallest absolute Gasteiger partial charge is 0.227 e. The van der Waals surface area contributed by atoms with Gasteiger partial charge in [0.1, 0.15) is 0 Å². The molecule has 0 radical (unpaired) electrons. The number of likely N-dealkylation sites (N-methyl/N-ethyl adjacent to an activating group) is 1. The number of hydrogen-bond donors (Lipinski definition) is 1. The van der Waals surface area contributed by atoms with Gasteiger partial charge in [-0.15, -0.1) is 0 Å². The maximum atomic E-state index is 12.0. The van der Waals surface area contributed by atoms with E-state index < -0.39 is 0 Å². The van der Waals surface area contributed by atoms with Crippen molar-refractivity contribution in [3.8, 4) is 0 Å². The van der Waals surface area contributed by atoms with Crippen LogP contribution in [-0.4, -0.2) is 47.1 Å². The average molecular weight is 318 g/mol. The highest BCUT2D eigenvalue weighted by Gasteiger charge is 2.18. The molecule has 6 nitrogen and oxygen atoms in total. The molecular weight excluding hydrogens is 292 g/mol. The standard InChI is InChI=1S/C17H26N4O2/c1-21-11-9-13(10-12-21)17-19-16(23-20-17)8-7-15(22)18-14-5-3-2-4-6-14/h9,14H,2-8,10-12H2,1H3,(H,18,22). The first-order valence-electron chi connectivity index (χ1n) is 8.70. The maximum absolute atomic E-state index is 12.0. The minimum absolute atomic E-state index is 0.0927. The van der Waals surface area contributed by atoms with E-state index >= 15 is 0 Å². The van der Waals surface area contributed by atoms with Crippen LogP contribution in [0.25, 0.3) is 5.57 Å². The number of nitrogens with zero attached hydrogens (tertiary/aromatic N) is 3. The lowest BCUT2D eigenvalue weighted by atomic mass is 9.95. The molecule has 126 valence electrons. The Morgan fingerprint density at radius 1 is 1.39 bits per heavy atom. The number of aromatic nitrogens is 2. The topological polar surface area (TPSA) is 71.3 Å². The van der Waals surface area contributed by atoms with Crippen LogP contribution in [0.5, 0.6) is 0 Å². The number of carbonyl (C=O) groups is 1. The Morgan fingerprint density at radius 2 is 2.22 bits per heavy atom. The Balaban J connectivity index is 1.46. The molecule has 0 saturated heterocycles. The van der Waals surface area contributed by atoms with Gasteiger partial charge in [0.15, 0.2) is 5.82 Å². The first-order chi connectivity index (χ1) is 11.2. The molecule has 0 spiro atoms. The average Bonchev–Trinajstić information content (AvgIpc) is 3.04. The number of carbonyl (C=O) groups excluding carboxylic acids is 1. The predicted octanol–water partition coefficient (Wildman–Crippen LogP) is 2.17. The van der Waals surface area contributed by atoms with Gasteiger partial charge in [-0.2, -0.15) is 4.98 Å². The van der Waals surface area contributed by atoms with Gasteiger partial charge in [-0.05, 0) is 31.9 Å². The molecule has 1 aliphatic carbocycles. The van der Waals surface area contributed by atoms with E-state index in [0.29, 0.717) is 30.6 Å². The second-order valence-corrected chi connectivity index (χ2v) is 6.66. The molecule has 1 amide bonds. The van der Waals surface area contributed by atoms with E-state index in [9.17, 15) is 4.79 Å². The molecule has 0 aromatic carbocycles. The second kappa shape index (κ2) is 7.73. The van der Waals surface area contributed by atoms with E-state index in [1.165, 1.54) is 19.3 Å². The summed E-state index contributed by atoms with van der Waals surface area (Å²) in [6.07, 6.45) is 9.98. The summed E-state index contributed by atoms with van der Waals surface area (Å²) in [6, 6.07) is 0.360. The molecule has 2 aliphatic rings. The van der Waals surface area contributed by atoms with Crippen LogP contribution in [0.15, 0.2) is 10.6 Å². The van der Waals surface area contributed by atoms with Crippen molar-refractivity contribution in [2.45, 2.75) is 57.4 Å². The van der Waals surface area contributed by atoms with Gasteiger partial charge in [-0.25, -0.2) is 0 Å². The minimum Gasteiger partial charge on any atom is -0.353 e. The van der Waals surface area contributed by atoms with Crippen molar-refractivity contribution >= 4 is 11.5 Å². The van der Waals surface area contributed by atoms with Gasteiger partial charge in [0.2, 0.25) is 11.8 Å².